The van der Waals surface area contributed by atoms with E-state index >= 15 is 0 Å². The molecule has 4 rings (SSSR count). The molecule has 6 heteroatoms. The van der Waals surface area contributed by atoms with Gasteiger partial charge in [0.25, 0.3) is 0 Å². The lowest BCUT2D eigenvalue weighted by atomic mass is 9.94. The first kappa shape index (κ1) is 14.9. The van der Waals surface area contributed by atoms with Crippen molar-refractivity contribution in [3.05, 3.63) is 39.9 Å². The summed E-state index contributed by atoms with van der Waals surface area (Å²) < 4.78 is 9.01. The van der Waals surface area contributed by atoms with E-state index in [1.165, 1.54) is 0 Å². The van der Waals surface area contributed by atoms with Crippen LogP contribution in [0.4, 0.5) is 0 Å². The van der Waals surface area contributed by atoms with Gasteiger partial charge in [-0.05, 0) is 32.8 Å². The van der Waals surface area contributed by atoms with Crippen LogP contribution in [0.1, 0.15) is 42.2 Å². The Labute approximate surface area is 138 Å². The summed E-state index contributed by atoms with van der Waals surface area (Å²) in [5.41, 5.74) is 3.68. The molecule has 0 bridgehead atoms. The molecule has 1 unspecified atom stereocenters. The molecule has 2 aromatic heterocycles. The number of carbonyl (C=O) groups excluding carboxylic acids is 1. The topological polar surface area (TPSA) is 66.1 Å². The number of ether oxygens (including phenoxy) is 1. The zero-order chi connectivity index (χ0) is 17.0. The van der Waals surface area contributed by atoms with E-state index in [9.17, 15) is 9.59 Å². The third-order valence-corrected chi connectivity index (χ3v) is 4.89. The summed E-state index contributed by atoms with van der Waals surface area (Å²) in [5.74, 6) is -0.558. The Morgan fingerprint density at radius 3 is 3.00 bits per heavy atom. The van der Waals surface area contributed by atoms with Gasteiger partial charge in [-0.15, -0.1) is 0 Å². The van der Waals surface area contributed by atoms with Gasteiger partial charge in [-0.2, -0.15) is 0 Å². The van der Waals surface area contributed by atoms with Crippen molar-refractivity contribution in [2.45, 2.75) is 32.7 Å². The zero-order valence-corrected chi connectivity index (χ0v) is 14.0. The summed E-state index contributed by atoms with van der Waals surface area (Å²) in [6, 6.07) is 2.07. The normalized spacial score (nSPS) is 16.7. The minimum Gasteiger partial charge on any atom is -0.462 e. The van der Waals surface area contributed by atoms with Crippen molar-refractivity contribution in [1.29, 1.82) is 0 Å². The third-order valence-electron chi connectivity index (χ3n) is 4.89. The van der Waals surface area contributed by atoms with Crippen LogP contribution in [0.2, 0.25) is 0 Å². The number of nitrogens with zero attached hydrogens (tertiary/aromatic N) is 3. The van der Waals surface area contributed by atoms with Crippen LogP contribution in [-0.4, -0.2) is 26.7 Å². The Hall–Kier alpha value is -2.63. The number of fused-ring (bicyclic) bond motifs is 2. The minimum absolute atomic E-state index is 0.102. The van der Waals surface area contributed by atoms with Crippen molar-refractivity contribution >= 4 is 27.9 Å². The number of pyridine rings is 1. The first-order chi connectivity index (χ1) is 11.5. The van der Waals surface area contributed by atoms with Gasteiger partial charge in [0.1, 0.15) is 5.56 Å². The number of rotatable bonds is 2. The highest BCUT2D eigenvalue weighted by Crippen LogP contribution is 2.34. The maximum Gasteiger partial charge on any atom is 0.343 e. The lowest BCUT2D eigenvalue weighted by molar-refractivity contribution is 0.0524. The Morgan fingerprint density at radius 1 is 1.46 bits per heavy atom. The monoisotopic (exact) mass is 325 g/mol. The molecule has 24 heavy (non-hydrogen) atoms. The highest BCUT2D eigenvalue weighted by Gasteiger charge is 2.26. The first-order valence-corrected chi connectivity index (χ1v) is 8.21. The van der Waals surface area contributed by atoms with Gasteiger partial charge in [-0.25, -0.2) is 9.78 Å². The van der Waals surface area contributed by atoms with Crippen LogP contribution in [0.15, 0.2) is 23.4 Å². The molecule has 0 radical (unpaired) electrons. The summed E-state index contributed by atoms with van der Waals surface area (Å²) in [6.45, 7) is 4.09. The maximum absolute atomic E-state index is 12.9. The van der Waals surface area contributed by atoms with Gasteiger partial charge in [0.05, 0.1) is 29.5 Å². The molecular formula is C18H19N3O3. The molecule has 0 spiro atoms. The molecule has 0 fully saturated rings. The molecule has 0 aliphatic carbocycles. The Morgan fingerprint density at radius 2 is 2.25 bits per heavy atom. The molecule has 1 atom stereocenters. The molecule has 0 saturated heterocycles. The van der Waals surface area contributed by atoms with Gasteiger partial charge in [-0.3, -0.25) is 4.79 Å². The highest BCUT2D eigenvalue weighted by atomic mass is 16.5. The molecule has 1 aromatic carbocycles. The van der Waals surface area contributed by atoms with Crippen molar-refractivity contribution in [3.8, 4) is 0 Å². The number of imidazole rings is 1. The maximum atomic E-state index is 12.9. The summed E-state index contributed by atoms with van der Waals surface area (Å²) in [5, 5.41) is 0.568. The van der Waals surface area contributed by atoms with Crippen molar-refractivity contribution in [2.24, 2.45) is 7.05 Å². The molecular weight excluding hydrogens is 306 g/mol. The molecule has 0 amide bonds. The summed E-state index contributed by atoms with van der Waals surface area (Å²) in [4.78, 5) is 29.7. The van der Waals surface area contributed by atoms with Gasteiger partial charge in [-0.1, -0.05) is 0 Å². The number of aryl methyl sites for hydroxylation is 2. The predicted octanol–water partition coefficient (Wildman–Crippen LogP) is 2.57. The van der Waals surface area contributed by atoms with Crippen LogP contribution in [0.3, 0.4) is 0 Å². The smallest absolute Gasteiger partial charge is 0.343 e. The van der Waals surface area contributed by atoms with E-state index in [1.807, 2.05) is 22.2 Å². The molecule has 6 nitrogen and oxygen atoms in total. The highest BCUT2D eigenvalue weighted by molar-refractivity contribution is 6.01. The summed E-state index contributed by atoms with van der Waals surface area (Å²) in [6.07, 6.45) is 5.25. The fourth-order valence-electron chi connectivity index (χ4n) is 3.63. The van der Waals surface area contributed by atoms with Crippen molar-refractivity contribution in [1.82, 2.24) is 14.1 Å². The SMILES string of the molecule is CCOC(=O)c1cn2c3c(c4ncn(C)c4cc3c1=O)CCC2C. The standard InChI is InChI=1S/C18H19N3O3/c1-4-24-18(23)13-8-21-10(2)5-6-11-15-14(20(3)9-19-15)7-12(16(11)21)17(13)22/h7-10H,4-6H2,1-3H3. The number of carbonyl (C=O) groups is 1. The van der Waals surface area contributed by atoms with Gasteiger partial charge in [0, 0.05) is 30.2 Å². The number of aromatic nitrogens is 3. The van der Waals surface area contributed by atoms with Crippen LogP contribution in [0, 0.1) is 0 Å². The zero-order valence-electron chi connectivity index (χ0n) is 14.0. The van der Waals surface area contributed by atoms with Crippen LogP contribution >= 0.6 is 0 Å². The van der Waals surface area contributed by atoms with E-state index in [0.29, 0.717) is 5.39 Å². The minimum atomic E-state index is -0.558. The first-order valence-electron chi connectivity index (χ1n) is 8.21. The van der Waals surface area contributed by atoms with E-state index in [0.717, 1.165) is 35.0 Å². The average Bonchev–Trinajstić information content (AvgIpc) is 2.93. The second-order valence-electron chi connectivity index (χ2n) is 6.36. The molecule has 1 aliphatic heterocycles. The summed E-state index contributed by atoms with van der Waals surface area (Å²) >= 11 is 0. The van der Waals surface area contributed by atoms with Crippen molar-refractivity contribution in [2.75, 3.05) is 6.61 Å². The van der Waals surface area contributed by atoms with Gasteiger partial charge in [0.15, 0.2) is 0 Å². The van der Waals surface area contributed by atoms with Crippen LogP contribution in [0.25, 0.3) is 21.9 Å². The average molecular weight is 325 g/mol. The van der Waals surface area contributed by atoms with Crippen LogP contribution in [0.5, 0.6) is 0 Å². The van der Waals surface area contributed by atoms with Crippen LogP contribution < -0.4 is 5.43 Å². The van der Waals surface area contributed by atoms with E-state index < -0.39 is 5.97 Å². The van der Waals surface area contributed by atoms with E-state index in [1.54, 1.807) is 19.4 Å². The number of hydrogen-bond donors (Lipinski definition) is 0. The van der Waals surface area contributed by atoms with Crippen LogP contribution in [-0.2, 0) is 18.2 Å². The summed E-state index contributed by atoms with van der Waals surface area (Å²) in [7, 11) is 1.91. The van der Waals surface area contributed by atoms with Gasteiger partial charge in [0.2, 0.25) is 5.43 Å². The van der Waals surface area contributed by atoms with Gasteiger partial charge < -0.3 is 13.9 Å². The van der Waals surface area contributed by atoms with E-state index in [2.05, 4.69) is 11.9 Å². The third kappa shape index (κ3) is 1.92. The quantitative estimate of drug-likeness (QED) is 0.679. The fraction of sp³-hybridized carbons (Fsp3) is 0.389. The number of hydrogen-bond acceptors (Lipinski definition) is 4. The van der Waals surface area contributed by atoms with Gasteiger partial charge >= 0.3 is 5.97 Å². The Bertz CT molecular complexity index is 1050. The molecule has 3 heterocycles. The number of benzene rings is 1. The Kier molecular flexibility index (Phi) is 3.23. The lowest BCUT2D eigenvalue weighted by Gasteiger charge is -2.26. The second kappa shape index (κ2) is 5.19. The van der Waals surface area contributed by atoms with E-state index in [4.69, 9.17) is 4.74 Å². The molecule has 0 N–H and O–H groups in total. The fourth-order valence-corrected chi connectivity index (χ4v) is 3.63. The van der Waals surface area contributed by atoms with Crippen molar-refractivity contribution < 1.29 is 9.53 Å². The molecule has 0 saturated carbocycles. The number of esters is 1. The van der Waals surface area contributed by atoms with E-state index in [-0.39, 0.29) is 23.6 Å². The van der Waals surface area contributed by atoms with Crippen molar-refractivity contribution in [3.63, 3.8) is 0 Å². The molecule has 124 valence electrons. The lowest BCUT2D eigenvalue weighted by Crippen LogP contribution is -2.25. The predicted molar refractivity (Wildman–Crippen MR) is 91.5 cm³/mol. The largest absolute Gasteiger partial charge is 0.462 e. The Balaban J connectivity index is 2.17. The second-order valence-corrected chi connectivity index (χ2v) is 6.36. The molecule has 3 aromatic rings. The molecule has 1 aliphatic rings.